The van der Waals surface area contributed by atoms with Crippen LogP contribution in [0.25, 0.3) is 17.1 Å². The number of benzene rings is 1. The number of aromatic nitrogens is 2. The van der Waals surface area contributed by atoms with Crippen molar-refractivity contribution in [2.45, 2.75) is 39.5 Å². The minimum Gasteiger partial charge on any atom is -0.327 e. The second-order valence-corrected chi connectivity index (χ2v) is 9.25. The van der Waals surface area contributed by atoms with E-state index in [9.17, 15) is 0 Å². The molecule has 0 amide bonds. The van der Waals surface area contributed by atoms with E-state index in [1.807, 2.05) is 24.4 Å². The van der Waals surface area contributed by atoms with Crippen molar-refractivity contribution >= 4 is 11.4 Å². The number of nitrogens with zero attached hydrogens (tertiary/aromatic N) is 4. The van der Waals surface area contributed by atoms with Crippen LogP contribution in [0.1, 0.15) is 56.2 Å². The lowest BCUT2D eigenvalue weighted by Crippen LogP contribution is -2.28. The van der Waals surface area contributed by atoms with Gasteiger partial charge in [-0.1, -0.05) is 58.0 Å². The number of hydrogen-bond acceptors (Lipinski definition) is 4. The fraction of sp³-hybridized carbons (Fsp3) is 0.241. The standard InChI is InChI=1S/C29H30N4/c1-20(2)24-10-8-11-25(21(3)4)29(24)32-18-23-9-7-13-28(33(23)19-32)22-14-15-27(31-17-22)26-12-5-6-16-30-26/h5-18,20-21H,19H2,1-4H3. The van der Waals surface area contributed by atoms with Gasteiger partial charge in [0, 0.05) is 29.8 Å². The van der Waals surface area contributed by atoms with Crippen LogP contribution in [0.3, 0.4) is 0 Å². The molecule has 5 rings (SSSR count). The number of allylic oxidation sites excluding steroid dienone is 3. The Kier molecular flexibility index (Phi) is 5.59. The minimum atomic E-state index is 0.462. The molecule has 2 aromatic heterocycles. The zero-order valence-corrected chi connectivity index (χ0v) is 19.7. The van der Waals surface area contributed by atoms with Gasteiger partial charge in [-0.15, -0.1) is 0 Å². The van der Waals surface area contributed by atoms with Crippen molar-refractivity contribution < 1.29 is 0 Å². The highest BCUT2D eigenvalue weighted by molar-refractivity contribution is 5.74. The van der Waals surface area contributed by atoms with Crippen molar-refractivity contribution in [3.05, 3.63) is 108 Å². The molecule has 166 valence electrons. The first-order chi connectivity index (χ1) is 16.0. The van der Waals surface area contributed by atoms with Gasteiger partial charge >= 0.3 is 0 Å². The molecule has 4 heterocycles. The van der Waals surface area contributed by atoms with E-state index in [1.54, 1.807) is 6.20 Å². The summed E-state index contributed by atoms with van der Waals surface area (Å²) in [6.45, 7) is 9.90. The summed E-state index contributed by atoms with van der Waals surface area (Å²) >= 11 is 0. The minimum absolute atomic E-state index is 0.462. The van der Waals surface area contributed by atoms with Crippen molar-refractivity contribution in [1.29, 1.82) is 0 Å². The smallest absolute Gasteiger partial charge is 0.0996 e. The molecule has 0 unspecified atom stereocenters. The Balaban J connectivity index is 1.47. The molecule has 0 saturated carbocycles. The average Bonchev–Trinajstić information content (AvgIpc) is 3.28. The predicted octanol–water partition coefficient (Wildman–Crippen LogP) is 6.92. The molecule has 2 aliphatic heterocycles. The third-order valence-corrected chi connectivity index (χ3v) is 6.32. The SMILES string of the molecule is CC(C)c1cccc(C(C)C)c1N1C=C2C=CC=C(c3ccc(-c4ccccn4)nc3)N2C1. The van der Waals surface area contributed by atoms with Crippen LogP contribution in [-0.4, -0.2) is 21.5 Å². The second kappa shape index (κ2) is 8.70. The monoisotopic (exact) mass is 434 g/mol. The van der Waals surface area contributed by atoms with Gasteiger partial charge in [0.2, 0.25) is 0 Å². The molecule has 0 bridgehead atoms. The van der Waals surface area contributed by atoms with Crippen LogP contribution in [-0.2, 0) is 0 Å². The lowest BCUT2D eigenvalue weighted by molar-refractivity contribution is 0.542. The number of hydrogen-bond donors (Lipinski definition) is 0. The van der Waals surface area contributed by atoms with Gasteiger partial charge in [0.15, 0.2) is 0 Å². The maximum absolute atomic E-state index is 4.70. The van der Waals surface area contributed by atoms with Gasteiger partial charge in [0.1, 0.15) is 0 Å². The van der Waals surface area contributed by atoms with Crippen molar-refractivity contribution in [3.8, 4) is 11.4 Å². The van der Waals surface area contributed by atoms with Crippen LogP contribution in [0.15, 0.2) is 91.0 Å². The highest BCUT2D eigenvalue weighted by Gasteiger charge is 2.29. The zero-order chi connectivity index (χ0) is 22.9. The number of fused-ring (bicyclic) bond motifs is 1. The van der Waals surface area contributed by atoms with Gasteiger partial charge in [-0.05, 0) is 59.4 Å². The Bertz CT molecular complexity index is 1210. The molecule has 1 aromatic carbocycles. The molecule has 4 heteroatoms. The summed E-state index contributed by atoms with van der Waals surface area (Å²) in [5.74, 6) is 0.923. The second-order valence-electron chi connectivity index (χ2n) is 9.25. The van der Waals surface area contributed by atoms with E-state index in [1.165, 1.54) is 28.2 Å². The number of anilines is 1. The van der Waals surface area contributed by atoms with Gasteiger partial charge in [0.05, 0.1) is 29.5 Å². The van der Waals surface area contributed by atoms with E-state index in [4.69, 9.17) is 4.98 Å². The van der Waals surface area contributed by atoms with E-state index in [0.29, 0.717) is 11.8 Å². The normalized spacial score (nSPS) is 15.2. The van der Waals surface area contributed by atoms with Crippen LogP contribution in [0, 0.1) is 0 Å². The van der Waals surface area contributed by atoms with E-state index in [-0.39, 0.29) is 0 Å². The largest absolute Gasteiger partial charge is 0.327 e. The maximum atomic E-state index is 4.70. The van der Waals surface area contributed by atoms with Gasteiger partial charge < -0.3 is 9.80 Å². The van der Waals surface area contributed by atoms with E-state index in [2.05, 4.69) is 97.2 Å². The van der Waals surface area contributed by atoms with Crippen LogP contribution < -0.4 is 4.90 Å². The Morgan fingerprint density at radius 1 is 0.818 bits per heavy atom. The van der Waals surface area contributed by atoms with Crippen LogP contribution in [0.2, 0.25) is 0 Å². The first-order valence-electron chi connectivity index (χ1n) is 11.7. The van der Waals surface area contributed by atoms with Gasteiger partial charge in [-0.25, -0.2) is 0 Å². The Morgan fingerprint density at radius 3 is 2.21 bits per heavy atom. The number of pyridine rings is 2. The quantitative estimate of drug-likeness (QED) is 0.436. The molecular weight excluding hydrogens is 404 g/mol. The Hall–Kier alpha value is -3.66. The lowest BCUT2D eigenvalue weighted by atomic mass is 9.92. The summed E-state index contributed by atoms with van der Waals surface area (Å²) in [4.78, 5) is 13.9. The molecular formula is C29H30N4. The summed E-state index contributed by atoms with van der Waals surface area (Å²) < 4.78 is 0. The van der Waals surface area contributed by atoms with Gasteiger partial charge in [-0.3, -0.25) is 9.97 Å². The van der Waals surface area contributed by atoms with E-state index < -0.39 is 0 Å². The van der Waals surface area contributed by atoms with Crippen molar-refractivity contribution in [2.24, 2.45) is 0 Å². The molecule has 3 aromatic rings. The molecule has 0 fully saturated rings. The number of rotatable bonds is 5. The number of para-hydroxylation sites is 1. The summed E-state index contributed by atoms with van der Waals surface area (Å²) in [6, 6.07) is 16.8. The van der Waals surface area contributed by atoms with Gasteiger partial charge in [-0.2, -0.15) is 0 Å². The first kappa shape index (κ1) is 21.2. The topological polar surface area (TPSA) is 32.3 Å². The van der Waals surface area contributed by atoms with Crippen molar-refractivity contribution in [1.82, 2.24) is 14.9 Å². The molecule has 0 aliphatic carbocycles. The molecule has 0 atom stereocenters. The first-order valence-corrected chi connectivity index (χ1v) is 11.7. The fourth-order valence-corrected chi connectivity index (χ4v) is 4.62. The summed E-state index contributed by atoms with van der Waals surface area (Å²) in [7, 11) is 0. The summed E-state index contributed by atoms with van der Waals surface area (Å²) in [6.07, 6.45) is 12.5. The molecule has 0 saturated heterocycles. The molecule has 0 radical (unpaired) electrons. The van der Waals surface area contributed by atoms with Crippen LogP contribution in [0.5, 0.6) is 0 Å². The van der Waals surface area contributed by atoms with Crippen molar-refractivity contribution in [2.75, 3.05) is 11.6 Å². The van der Waals surface area contributed by atoms with Gasteiger partial charge in [0.25, 0.3) is 0 Å². The highest BCUT2D eigenvalue weighted by atomic mass is 15.4. The molecule has 0 spiro atoms. The third kappa shape index (κ3) is 3.97. The molecule has 2 aliphatic rings. The Labute approximate surface area is 196 Å². The van der Waals surface area contributed by atoms with E-state index >= 15 is 0 Å². The summed E-state index contributed by atoms with van der Waals surface area (Å²) in [5.41, 5.74) is 9.39. The summed E-state index contributed by atoms with van der Waals surface area (Å²) in [5, 5.41) is 0. The predicted molar refractivity (Wildman–Crippen MR) is 136 cm³/mol. The average molecular weight is 435 g/mol. The van der Waals surface area contributed by atoms with Crippen LogP contribution >= 0.6 is 0 Å². The molecule has 0 N–H and O–H groups in total. The maximum Gasteiger partial charge on any atom is 0.0996 e. The molecule has 4 nitrogen and oxygen atoms in total. The fourth-order valence-electron chi connectivity index (χ4n) is 4.62. The lowest BCUT2D eigenvalue weighted by Gasteiger charge is -2.30. The third-order valence-electron chi connectivity index (χ3n) is 6.32. The van der Waals surface area contributed by atoms with Crippen LogP contribution in [0.4, 0.5) is 5.69 Å². The highest BCUT2D eigenvalue weighted by Crippen LogP contribution is 2.40. The Morgan fingerprint density at radius 2 is 1.58 bits per heavy atom. The van der Waals surface area contributed by atoms with Crippen molar-refractivity contribution in [3.63, 3.8) is 0 Å². The molecule has 33 heavy (non-hydrogen) atoms. The zero-order valence-electron chi connectivity index (χ0n) is 19.7. The van der Waals surface area contributed by atoms with E-state index in [0.717, 1.165) is 23.6 Å².